The molecule has 0 bridgehead atoms. The van der Waals surface area contributed by atoms with Crippen molar-refractivity contribution in [3.63, 3.8) is 0 Å². The van der Waals surface area contributed by atoms with Gasteiger partial charge in [-0.25, -0.2) is 0 Å². The summed E-state index contributed by atoms with van der Waals surface area (Å²) in [5, 5.41) is 3.56. The summed E-state index contributed by atoms with van der Waals surface area (Å²) in [5.74, 6) is 0.846. The molecular formula is C20H18ClNO2. The van der Waals surface area contributed by atoms with E-state index in [0.29, 0.717) is 23.7 Å². The third-order valence-corrected chi connectivity index (χ3v) is 4.09. The smallest absolute Gasteiger partial charge is 0.287 e. The van der Waals surface area contributed by atoms with Crippen LogP contribution in [0, 0.1) is 6.92 Å². The van der Waals surface area contributed by atoms with Gasteiger partial charge in [-0.3, -0.25) is 4.79 Å². The van der Waals surface area contributed by atoms with Gasteiger partial charge in [0.1, 0.15) is 5.76 Å². The Morgan fingerprint density at radius 2 is 1.88 bits per heavy atom. The zero-order valence-electron chi connectivity index (χ0n) is 13.4. The Labute approximate surface area is 146 Å². The van der Waals surface area contributed by atoms with E-state index in [4.69, 9.17) is 16.0 Å². The summed E-state index contributed by atoms with van der Waals surface area (Å²) in [7, 11) is 0. The summed E-state index contributed by atoms with van der Waals surface area (Å²) < 4.78 is 5.68. The fraction of sp³-hybridized carbons (Fsp3) is 0.150. The molecule has 0 atom stereocenters. The lowest BCUT2D eigenvalue weighted by atomic mass is 10.0. The molecule has 0 radical (unpaired) electrons. The van der Waals surface area contributed by atoms with Gasteiger partial charge in [0.2, 0.25) is 0 Å². The minimum atomic E-state index is -0.215. The molecule has 122 valence electrons. The summed E-state index contributed by atoms with van der Waals surface area (Å²) in [5.41, 5.74) is 3.28. The first-order chi connectivity index (χ1) is 11.6. The topological polar surface area (TPSA) is 42.2 Å². The van der Waals surface area contributed by atoms with Crippen molar-refractivity contribution in [1.29, 1.82) is 0 Å². The van der Waals surface area contributed by atoms with Crippen LogP contribution in [0.5, 0.6) is 0 Å². The van der Waals surface area contributed by atoms with Crippen LogP contribution >= 0.6 is 11.6 Å². The average molecular weight is 340 g/mol. The highest BCUT2D eigenvalue weighted by Gasteiger charge is 2.12. The Morgan fingerprint density at radius 1 is 1.08 bits per heavy atom. The number of nitrogens with one attached hydrogen (secondary N) is 1. The van der Waals surface area contributed by atoms with Gasteiger partial charge in [0.25, 0.3) is 5.91 Å². The Hall–Kier alpha value is -2.52. The third-order valence-electron chi connectivity index (χ3n) is 3.86. The number of carbonyl (C=O) groups is 1. The number of amides is 1. The van der Waals surface area contributed by atoms with Crippen molar-refractivity contribution in [2.75, 3.05) is 0 Å². The molecule has 0 spiro atoms. The number of hydrogen-bond donors (Lipinski definition) is 1. The van der Waals surface area contributed by atoms with Crippen LogP contribution in [0.3, 0.4) is 0 Å². The van der Waals surface area contributed by atoms with E-state index in [2.05, 4.69) is 5.32 Å². The molecule has 0 unspecified atom stereocenters. The van der Waals surface area contributed by atoms with Crippen LogP contribution in [0.25, 0.3) is 0 Å². The van der Waals surface area contributed by atoms with Gasteiger partial charge in [0.05, 0.1) is 0 Å². The second kappa shape index (κ2) is 7.37. The molecule has 1 N–H and O–H groups in total. The Bertz CT molecular complexity index is 840. The standard InChI is InChI=1S/C20H18ClNO2/c1-14-7-8-17(21)11-16(14)12-18-9-10-19(24-18)20(23)22-13-15-5-3-2-4-6-15/h2-11H,12-13H2,1H3,(H,22,23). The van der Waals surface area contributed by atoms with E-state index < -0.39 is 0 Å². The molecule has 4 heteroatoms. The zero-order chi connectivity index (χ0) is 16.9. The van der Waals surface area contributed by atoms with Crippen LogP contribution < -0.4 is 5.32 Å². The second-order valence-corrected chi connectivity index (χ2v) is 6.12. The normalized spacial score (nSPS) is 10.6. The van der Waals surface area contributed by atoms with Gasteiger partial charge in [-0.05, 0) is 47.9 Å². The molecule has 0 aliphatic rings. The van der Waals surface area contributed by atoms with E-state index >= 15 is 0 Å². The van der Waals surface area contributed by atoms with E-state index in [1.807, 2.05) is 61.5 Å². The van der Waals surface area contributed by atoms with Crippen molar-refractivity contribution in [2.45, 2.75) is 19.9 Å². The van der Waals surface area contributed by atoms with Crippen molar-refractivity contribution < 1.29 is 9.21 Å². The first-order valence-electron chi connectivity index (χ1n) is 7.77. The molecule has 1 heterocycles. The molecule has 0 saturated carbocycles. The largest absolute Gasteiger partial charge is 0.456 e. The number of hydrogen-bond acceptors (Lipinski definition) is 2. The molecule has 2 aromatic carbocycles. The predicted octanol–water partition coefficient (Wildman–Crippen LogP) is 4.76. The number of rotatable bonds is 5. The number of furan rings is 1. The fourth-order valence-electron chi connectivity index (χ4n) is 2.48. The average Bonchev–Trinajstić information content (AvgIpc) is 3.05. The summed E-state index contributed by atoms with van der Waals surface area (Å²) in [6.07, 6.45) is 0.609. The highest BCUT2D eigenvalue weighted by Crippen LogP contribution is 2.20. The number of benzene rings is 2. The maximum atomic E-state index is 12.2. The van der Waals surface area contributed by atoms with Gasteiger partial charge in [0, 0.05) is 18.0 Å². The molecule has 3 nitrogen and oxygen atoms in total. The van der Waals surface area contributed by atoms with Gasteiger partial charge >= 0.3 is 0 Å². The van der Waals surface area contributed by atoms with Crippen LogP contribution in [0.4, 0.5) is 0 Å². The van der Waals surface area contributed by atoms with Crippen LogP contribution in [0.1, 0.15) is 33.0 Å². The first-order valence-corrected chi connectivity index (χ1v) is 8.15. The third kappa shape index (κ3) is 4.06. The molecule has 0 aliphatic heterocycles. The Kier molecular flexibility index (Phi) is 5.02. The molecule has 0 saturated heterocycles. The maximum Gasteiger partial charge on any atom is 0.287 e. The summed E-state index contributed by atoms with van der Waals surface area (Å²) in [4.78, 5) is 12.2. The van der Waals surface area contributed by atoms with E-state index in [1.54, 1.807) is 6.07 Å². The lowest BCUT2D eigenvalue weighted by Crippen LogP contribution is -2.22. The van der Waals surface area contributed by atoms with Crippen molar-refractivity contribution in [2.24, 2.45) is 0 Å². The minimum absolute atomic E-state index is 0.215. The molecule has 0 aliphatic carbocycles. The molecular weight excluding hydrogens is 322 g/mol. The van der Waals surface area contributed by atoms with Crippen molar-refractivity contribution >= 4 is 17.5 Å². The fourth-order valence-corrected chi connectivity index (χ4v) is 2.67. The van der Waals surface area contributed by atoms with Gasteiger partial charge in [0.15, 0.2) is 5.76 Å². The van der Waals surface area contributed by atoms with Crippen molar-refractivity contribution in [1.82, 2.24) is 5.32 Å². The summed E-state index contributed by atoms with van der Waals surface area (Å²) >= 11 is 6.04. The van der Waals surface area contributed by atoms with Gasteiger partial charge in [-0.1, -0.05) is 48.0 Å². The minimum Gasteiger partial charge on any atom is -0.456 e. The van der Waals surface area contributed by atoms with E-state index in [0.717, 1.165) is 22.5 Å². The second-order valence-electron chi connectivity index (χ2n) is 5.68. The van der Waals surface area contributed by atoms with Gasteiger partial charge in [-0.15, -0.1) is 0 Å². The highest BCUT2D eigenvalue weighted by molar-refractivity contribution is 6.30. The molecule has 3 aromatic rings. The first kappa shape index (κ1) is 16.3. The van der Waals surface area contributed by atoms with Crippen molar-refractivity contribution in [3.05, 3.63) is 93.9 Å². The molecule has 24 heavy (non-hydrogen) atoms. The number of halogens is 1. The highest BCUT2D eigenvalue weighted by atomic mass is 35.5. The molecule has 1 aromatic heterocycles. The number of aryl methyl sites for hydroxylation is 1. The quantitative estimate of drug-likeness (QED) is 0.728. The van der Waals surface area contributed by atoms with Crippen LogP contribution in [-0.2, 0) is 13.0 Å². The van der Waals surface area contributed by atoms with Gasteiger partial charge < -0.3 is 9.73 Å². The molecule has 0 fully saturated rings. The van der Waals surface area contributed by atoms with Crippen molar-refractivity contribution in [3.8, 4) is 0 Å². The zero-order valence-corrected chi connectivity index (χ0v) is 14.1. The van der Waals surface area contributed by atoms with E-state index in [9.17, 15) is 4.79 Å². The molecule has 1 amide bonds. The Balaban J connectivity index is 1.64. The van der Waals surface area contributed by atoms with Crippen LogP contribution in [0.2, 0.25) is 5.02 Å². The van der Waals surface area contributed by atoms with E-state index in [1.165, 1.54) is 0 Å². The monoisotopic (exact) mass is 339 g/mol. The predicted molar refractivity (Wildman–Crippen MR) is 95.3 cm³/mol. The van der Waals surface area contributed by atoms with Crippen LogP contribution in [-0.4, -0.2) is 5.91 Å². The lowest BCUT2D eigenvalue weighted by molar-refractivity contribution is 0.0921. The maximum absolute atomic E-state index is 12.2. The van der Waals surface area contributed by atoms with Gasteiger partial charge in [-0.2, -0.15) is 0 Å². The summed E-state index contributed by atoms with van der Waals surface area (Å²) in [6, 6.07) is 19.1. The van der Waals surface area contributed by atoms with Crippen LogP contribution in [0.15, 0.2) is 65.1 Å². The van der Waals surface area contributed by atoms with E-state index in [-0.39, 0.29) is 5.91 Å². The summed E-state index contributed by atoms with van der Waals surface area (Å²) in [6.45, 7) is 2.51. The molecule has 3 rings (SSSR count). The SMILES string of the molecule is Cc1ccc(Cl)cc1Cc1ccc(C(=O)NCc2ccccc2)o1. The number of carbonyl (C=O) groups excluding carboxylic acids is 1. The Morgan fingerprint density at radius 3 is 2.67 bits per heavy atom. The lowest BCUT2D eigenvalue weighted by Gasteiger charge is -2.05.